The SMILES string of the molecule is CCCCCCC(CCCC)COc1ccc(-c2ccc(OCC(CCCC)CCCCCC)cc2-c2ccccc2-c2ccccc2)cc1. The fourth-order valence-corrected chi connectivity index (χ4v) is 7.16. The first-order valence-corrected chi connectivity index (χ1v) is 20.3. The van der Waals surface area contributed by atoms with Crippen molar-refractivity contribution in [1.29, 1.82) is 0 Å². The van der Waals surface area contributed by atoms with Crippen LogP contribution in [0.3, 0.4) is 0 Å². The van der Waals surface area contributed by atoms with Crippen LogP contribution in [-0.2, 0) is 0 Å². The van der Waals surface area contributed by atoms with E-state index in [0.717, 1.165) is 24.7 Å². The van der Waals surface area contributed by atoms with Crippen LogP contribution < -0.4 is 9.47 Å². The van der Waals surface area contributed by atoms with Gasteiger partial charge in [-0.1, -0.05) is 178 Å². The Morgan fingerprint density at radius 2 is 0.840 bits per heavy atom. The molecule has 0 heterocycles. The van der Waals surface area contributed by atoms with E-state index in [1.54, 1.807) is 0 Å². The molecular formula is C48H66O2. The quantitative estimate of drug-likeness (QED) is 0.0651. The molecule has 270 valence electrons. The Labute approximate surface area is 306 Å². The van der Waals surface area contributed by atoms with Crippen LogP contribution in [0.4, 0.5) is 0 Å². The third-order valence-corrected chi connectivity index (χ3v) is 10.3. The van der Waals surface area contributed by atoms with Gasteiger partial charge < -0.3 is 9.47 Å². The molecule has 0 aliphatic heterocycles. The number of hydrogen-bond acceptors (Lipinski definition) is 2. The van der Waals surface area contributed by atoms with Gasteiger partial charge in [0.05, 0.1) is 13.2 Å². The molecule has 4 rings (SSSR count). The summed E-state index contributed by atoms with van der Waals surface area (Å²) in [6.45, 7) is 10.8. The van der Waals surface area contributed by atoms with Gasteiger partial charge in [-0.15, -0.1) is 0 Å². The van der Waals surface area contributed by atoms with Crippen LogP contribution in [0, 0.1) is 11.8 Å². The molecule has 0 N–H and O–H groups in total. The summed E-state index contributed by atoms with van der Waals surface area (Å²) < 4.78 is 13.1. The molecule has 50 heavy (non-hydrogen) atoms. The Balaban J connectivity index is 1.58. The van der Waals surface area contributed by atoms with Crippen molar-refractivity contribution in [3.8, 4) is 44.9 Å². The van der Waals surface area contributed by atoms with Crippen molar-refractivity contribution in [3.05, 3.63) is 97.1 Å². The summed E-state index contributed by atoms with van der Waals surface area (Å²) in [7, 11) is 0. The summed E-state index contributed by atoms with van der Waals surface area (Å²) in [4.78, 5) is 0. The zero-order valence-electron chi connectivity index (χ0n) is 31.9. The van der Waals surface area contributed by atoms with Gasteiger partial charge >= 0.3 is 0 Å². The van der Waals surface area contributed by atoms with Gasteiger partial charge in [0.2, 0.25) is 0 Å². The van der Waals surface area contributed by atoms with E-state index in [2.05, 4.69) is 125 Å². The minimum atomic E-state index is 0.608. The third-order valence-electron chi connectivity index (χ3n) is 10.3. The van der Waals surface area contributed by atoms with Crippen molar-refractivity contribution in [2.75, 3.05) is 13.2 Å². The predicted octanol–water partition coefficient (Wildman–Crippen LogP) is 15.0. The molecule has 2 heteroatoms. The fraction of sp³-hybridized carbons (Fsp3) is 0.500. The molecule has 4 aromatic rings. The van der Waals surface area contributed by atoms with Crippen LogP contribution in [0.1, 0.15) is 130 Å². The average molecular weight is 675 g/mol. The minimum Gasteiger partial charge on any atom is -0.493 e. The van der Waals surface area contributed by atoms with Crippen molar-refractivity contribution in [2.45, 2.75) is 130 Å². The molecule has 2 unspecified atom stereocenters. The fourth-order valence-electron chi connectivity index (χ4n) is 7.16. The van der Waals surface area contributed by atoms with Crippen molar-refractivity contribution >= 4 is 0 Å². The van der Waals surface area contributed by atoms with E-state index in [4.69, 9.17) is 9.47 Å². The molecule has 0 fully saturated rings. The van der Waals surface area contributed by atoms with E-state index in [1.165, 1.54) is 136 Å². The second kappa shape index (κ2) is 23.0. The van der Waals surface area contributed by atoms with Crippen molar-refractivity contribution < 1.29 is 9.47 Å². The first-order valence-electron chi connectivity index (χ1n) is 20.3. The van der Waals surface area contributed by atoms with E-state index < -0.39 is 0 Å². The van der Waals surface area contributed by atoms with Gasteiger partial charge in [-0.3, -0.25) is 0 Å². The minimum absolute atomic E-state index is 0.608. The van der Waals surface area contributed by atoms with E-state index in [-0.39, 0.29) is 0 Å². The Bertz CT molecular complexity index is 1460. The molecule has 0 aliphatic carbocycles. The van der Waals surface area contributed by atoms with Crippen LogP contribution in [0.5, 0.6) is 11.5 Å². The number of unbranched alkanes of at least 4 members (excludes halogenated alkanes) is 8. The Morgan fingerprint density at radius 3 is 1.42 bits per heavy atom. The summed E-state index contributed by atoms with van der Waals surface area (Å²) in [6, 6.07) is 35.1. The monoisotopic (exact) mass is 675 g/mol. The molecule has 4 aromatic carbocycles. The molecule has 0 aromatic heterocycles. The highest BCUT2D eigenvalue weighted by Crippen LogP contribution is 2.40. The molecule has 2 nitrogen and oxygen atoms in total. The van der Waals surface area contributed by atoms with Gasteiger partial charge in [-0.2, -0.15) is 0 Å². The molecule has 2 atom stereocenters. The second-order valence-electron chi connectivity index (χ2n) is 14.5. The van der Waals surface area contributed by atoms with E-state index >= 15 is 0 Å². The molecular weight excluding hydrogens is 609 g/mol. The lowest BCUT2D eigenvalue weighted by atomic mass is 9.89. The summed E-state index contributed by atoms with van der Waals surface area (Å²) in [5.41, 5.74) is 7.30. The zero-order chi connectivity index (χ0) is 35.2. The summed E-state index contributed by atoms with van der Waals surface area (Å²) in [5, 5.41) is 0. The van der Waals surface area contributed by atoms with Crippen LogP contribution in [-0.4, -0.2) is 13.2 Å². The summed E-state index contributed by atoms with van der Waals surface area (Å²) >= 11 is 0. The maximum atomic E-state index is 6.64. The van der Waals surface area contributed by atoms with E-state index in [0.29, 0.717) is 11.8 Å². The van der Waals surface area contributed by atoms with Gasteiger partial charge in [0, 0.05) is 0 Å². The van der Waals surface area contributed by atoms with Gasteiger partial charge in [-0.05, 0) is 95.2 Å². The van der Waals surface area contributed by atoms with Gasteiger partial charge in [0.25, 0.3) is 0 Å². The van der Waals surface area contributed by atoms with Crippen LogP contribution in [0.2, 0.25) is 0 Å². The highest BCUT2D eigenvalue weighted by Gasteiger charge is 2.16. The van der Waals surface area contributed by atoms with Gasteiger partial charge in [0.15, 0.2) is 0 Å². The van der Waals surface area contributed by atoms with Crippen molar-refractivity contribution in [2.24, 2.45) is 11.8 Å². The van der Waals surface area contributed by atoms with Crippen LogP contribution >= 0.6 is 0 Å². The summed E-state index contributed by atoms with van der Waals surface area (Å²) in [5.74, 6) is 3.17. The number of ether oxygens (including phenoxy) is 2. The van der Waals surface area contributed by atoms with Crippen molar-refractivity contribution in [3.63, 3.8) is 0 Å². The largest absolute Gasteiger partial charge is 0.493 e. The number of rotatable bonds is 25. The maximum absolute atomic E-state index is 6.64. The van der Waals surface area contributed by atoms with Gasteiger partial charge in [-0.25, -0.2) is 0 Å². The van der Waals surface area contributed by atoms with E-state index in [9.17, 15) is 0 Å². The lowest BCUT2D eigenvalue weighted by Gasteiger charge is -2.20. The molecule has 0 spiro atoms. The van der Waals surface area contributed by atoms with E-state index in [1.807, 2.05) is 0 Å². The third kappa shape index (κ3) is 13.0. The average Bonchev–Trinajstić information content (AvgIpc) is 3.17. The molecule has 0 bridgehead atoms. The second-order valence-corrected chi connectivity index (χ2v) is 14.5. The molecule has 0 aliphatic rings. The topological polar surface area (TPSA) is 18.5 Å². The molecule has 0 amide bonds. The predicted molar refractivity (Wildman–Crippen MR) is 217 cm³/mol. The highest BCUT2D eigenvalue weighted by atomic mass is 16.5. The van der Waals surface area contributed by atoms with Crippen LogP contribution in [0.15, 0.2) is 97.1 Å². The van der Waals surface area contributed by atoms with Crippen molar-refractivity contribution in [1.82, 2.24) is 0 Å². The first kappa shape index (κ1) is 39.3. The molecule has 0 saturated carbocycles. The maximum Gasteiger partial charge on any atom is 0.119 e. The Hall–Kier alpha value is -3.52. The van der Waals surface area contributed by atoms with Crippen LogP contribution in [0.25, 0.3) is 33.4 Å². The number of hydrogen-bond donors (Lipinski definition) is 0. The van der Waals surface area contributed by atoms with Gasteiger partial charge in [0.1, 0.15) is 11.5 Å². The molecule has 0 radical (unpaired) electrons. The lowest BCUT2D eigenvalue weighted by molar-refractivity contribution is 0.225. The Kier molecular flexibility index (Phi) is 18.1. The first-order chi connectivity index (χ1) is 24.7. The zero-order valence-corrected chi connectivity index (χ0v) is 31.9. The molecule has 0 saturated heterocycles. The lowest BCUT2D eigenvalue weighted by Crippen LogP contribution is -2.12. The standard InChI is InChI=1S/C48H66O2/c1-5-9-13-16-24-39(22-11-7-3)37-49-43-32-30-42(31-33-43)46-35-34-44(50-38-40(23-12-8-4)25-17-14-10-6-2)36-48(46)47-29-21-20-28-45(47)41-26-18-15-19-27-41/h15,18-21,26-36,39-40H,5-14,16-17,22-25,37-38H2,1-4H3. The normalized spacial score (nSPS) is 12.5. The highest BCUT2D eigenvalue weighted by molar-refractivity contribution is 5.92. The summed E-state index contributed by atoms with van der Waals surface area (Å²) in [6.07, 6.45) is 20.6. The Morgan fingerprint density at radius 1 is 0.380 bits per heavy atom. The smallest absolute Gasteiger partial charge is 0.119 e. The number of benzene rings is 4.